The van der Waals surface area contributed by atoms with Crippen molar-refractivity contribution in [3.63, 3.8) is 0 Å². The van der Waals surface area contributed by atoms with E-state index in [0.717, 1.165) is 16.7 Å². The van der Waals surface area contributed by atoms with Crippen LogP contribution >= 0.6 is 0 Å². The van der Waals surface area contributed by atoms with E-state index in [9.17, 15) is 19.5 Å². The molecule has 0 aromatic heterocycles. The van der Waals surface area contributed by atoms with Gasteiger partial charge < -0.3 is 15.2 Å². The van der Waals surface area contributed by atoms with E-state index in [1.165, 1.54) is 0 Å². The molecule has 0 aliphatic carbocycles. The molecule has 188 valence electrons. The zero-order valence-electron chi connectivity index (χ0n) is 20.9. The number of carboxylic acid groups (broad SMARTS) is 1. The number of ether oxygens (including phenoxy) is 1. The number of benzene rings is 3. The van der Waals surface area contributed by atoms with E-state index >= 15 is 0 Å². The van der Waals surface area contributed by atoms with Gasteiger partial charge >= 0.3 is 11.9 Å². The molecule has 0 aliphatic heterocycles. The van der Waals surface area contributed by atoms with Gasteiger partial charge in [-0.15, -0.1) is 0 Å². The van der Waals surface area contributed by atoms with E-state index in [1.54, 1.807) is 39.0 Å². The molecule has 1 amide bonds. The number of carboxylic acids is 1. The highest BCUT2D eigenvalue weighted by Gasteiger charge is 2.23. The average molecular weight is 488 g/mol. The molecule has 0 spiro atoms. The van der Waals surface area contributed by atoms with Crippen molar-refractivity contribution in [3.05, 3.63) is 107 Å². The van der Waals surface area contributed by atoms with Crippen molar-refractivity contribution in [3.8, 4) is 0 Å². The SMILES string of the molecule is CC(C)(C)OC(=O)CCCC(NC(=O)c1cccc(C(c2ccccc2)c2ccccc2)c1)C(=O)O. The second-order valence-electron chi connectivity index (χ2n) is 9.72. The van der Waals surface area contributed by atoms with Gasteiger partial charge in [0.25, 0.3) is 5.91 Å². The number of rotatable bonds is 10. The highest BCUT2D eigenvalue weighted by Crippen LogP contribution is 2.32. The molecule has 2 N–H and O–H groups in total. The molecule has 1 unspecified atom stereocenters. The number of nitrogens with one attached hydrogen (secondary N) is 1. The van der Waals surface area contributed by atoms with Crippen LogP contribution in [0.4, 0.5) is 0 Å². The van der Waals surface area contributed by atoms with Gasteiger partial charge in [-0.1, -0.05) is 72.8 Å². The minimum Gasteiger partial charge on any atom is -0.480 e. The first-order valence-electron chi connectivity index (χ1n) is 12.1. The third-order valence-corrected chi connectivity index (χ3v) is 5.65. The van der Waals surface area contributed by atoms with E-state index in [2.05, 4.69) is 29.6 Å². The number of hydrogen-bond donors (Lipinski definition) is 2. The fourth-order valence-corrected chi connectivity index (χ4v) is 4.07. The molecule has 3 rings (SSSR count). The maximum Gasteiger partial charge on any atom is 0.326 e. The molecular weight excluding hydrogens is 454 g/mol. The van der Waals surface area contributed by atoms with Gasteiger partial charge in [0.15, 0.2) is 0 Å². The Morgan fingerprint density at radius 1 is 0.833 bits per heavy atom. The number of esters is 1. The van der Waals surface area contributed by atoms with Crippen molar-refractivity contribution >= 4 is 17.8 Å². The maximum absolute atomic E-state index is 13.0. The lowest BCUT2D eigenvalue weighted by Gasteiger charge is -2.20. The second kappa shape index (κ2) is 12.2. The summed E-state index contributed by atoms with van der Waals surface area (Å²) in [5, 5.41) is 12.2. The van der Waals surface area contributed by atoms with Crippen LogP contribution in [0.5, 0.6) is 0 Å². The summed E-state index contributed by atoms with van der Waals surface area (Å²) < 4.78 is 5.27. The second-order valence-corrected chi connectivity index (χ2v) is 9.72. The van der Waals surface area contributed by atoms with Crippen LogP contribution in [-0.4, -0.2) is 34.6 Å². The average Bonchev–Trinajstić information content (AvgIpc) is 2.84. The molecule has 0 aliphatic rings. The first kappa shape index (κ1) is 26.7. The van der Waals surface area contributed by atoms with Crippen LogP contribution < -0.4 is 5.32 Å². The van der Waals surface area contributed by atoms with E-state index in [-0.39, 0.29) is 25.2 Å². The zero-order valence-corrected chi connectivity index (χ0v) is 20.9. The van der Waals surface area contributed by atoms with Crippen LogP contribution in [0, 0.1) is 0 Å². The van der Waals surface area contributed by atoms with E-state index in [4.69, 9.17) is 4.74 Å². The quantitative estimate of drug-likeness (QED) is 0.288. The van der Waals surface area contributed by atoms with Crippen molar-refractivity contribution in [2.24, 2.45) is 0 Å². The number of aliphatic carboxylic acids is 1. The van der Waals surface area contributed by atoms with Gasteiger partial charge in [-0.3, -0.25) is 9.59 Å². The zero-order chi connectivity index (χ0) is 26.1. The molecule has 0 saturated carbocycles. The number of amides is 1. The molecule has 6 heteroatoms. The Kier molecular flexibility index (Phi) is 9.01. The Hall–Kier alpha value is -3.93. The van der Waals surface area contributed by atoms with Crippen LogP contribution in [0.2, 0.25) is 0 Å². The minimum atomic E-state index is -1.14. The molecule has 0 saturated heterocycles. The maximum atomic E-state index is 13.0. The molecule has 3 aromatic rings. The van der Waals surface area contributed by atoms with Gasteiger partial charge in [0.1, 0.15) is 11.6 Å². The third-order valence-electron chi connectivity index (χ3n) is 5.65. The first-order valence-corrected chi connectivity index (χ1v) is 12.1. The predicted octanol–water partition coefficient (Wildman–Crippen LogP) is 5.56. The Bertz CT molecular complexity index is 1130. The lowest BCUT2D eigenvalue weighted by atomic mass is 9.84. The molecule has 1 atom stereocenters. The summed E-state index contributed by atoms with van der Waals surface area (Å²) in [6, 6.07) is 26.2. The van der Waals surface area contributed by atoms with Crippen molar-refractivity contribution in [2.45, 2.75) is 57.6 Å². The summed E-state index contributed by atoms with van der Waals surface area (Å²) in [6.45, 7) is 5.33. The van der Waals surface area contributed by atoms with Crippen molar-refractivity contribution in [1.29, 1.82) is 0 Å². The topological polar surface area (TPSA) is 92.7 Å². The standard InChI is InChI=1S/C30H33NO5/c1-30(2,3)36-26(32)19-11-18-25(29(34)35)31-28(33)24-17-10-16-23(20-24)27(21-12-6-4-7-13-21)22-14-8-5-9-15-22/h4-10,12-17,20,25,27H,11,18-19H2,1-3H3,(H,31,33)(H,34,35). The van der Waals surface area contributed by atoms with Crippen LogP contribution in [0.3, 0.4) is 0 Å². The molecule has 0 heterocycles. The lowest BCUT2D eigenvalue weighted by Crippen LogP contribution is -2.40. The Labute approximate surface area is 212 Å². The van der Waals surface area contributed by atoms with Crippen LogP contribution in [0.1, 0.15) is 73.0 Å². The fourth-order valence-electron chi connectivity index (χ4n) is 4.07. The van der Waals surface area contributed by atoms with Gasteiger partial charge in [0.05, 0.1) is 0 Å². The summed E-state index contributed by atoms with van der Waals surface area (Å²) in [7, 11) is 0. The predicted molar refractivity (Wildman–Crippen MR) is 139 cm³/mol. The van der Waals surface area contributed by atoms with Crippen molar-refractivity contribution in [1.82, 2.24) is 5.32 Å². The van der Waals surface area contributed by atoms with Crippen LogP contribution in [0.25, 0.3) is 0 Å². The van der Waals surface area contributed by atoms with E-state index < -0.39 is 29.5 Å². The van der Waals surface area contributed by atoms with Gasteiger partial charge in [-0.05, 0) is 62.4 Å². The summed E-state index contributed by atoms with van der Waals surface area (Å²) in [6.07, 6.45) is 0.495. The number of carbonyl (C=O) groups is 3. The van der Waals surface area contributed by atoms with Gasteiger partial charge in [-0.25, -0.2) is 4.79 Å². The summed E-state index contributed by atoms with van der Waals surface area (Å²) in [5.41, 5.74) is 2.89. The smallest absolute Gasteiger partial charge is 0.326 e. The fraction of sp³-hybridized carbons (Fsp3) is 0.300. The van der Waals surface area contributed by atoms with E-state index in [0.29, 0.717) is 5.56 Å². The molecule has 36 heavy (non-hydrogen) atoms. The largest absolute Gasteiger partial charge is 0.480 e. The lowest BCUT2D eigenvalue weighted by molar-refractivity contribution is -0.155. The Balaban J connectivity index is 1.75. The summed E-state index contributed by atoms with van der Waals surface area (Å²) >= 11 is 0. The molecule has 0 radical (unpaired) electrons. The Morgan fingerprint density at radius 3 is 1.92 bits per heavy atom. The number of hydrogen-bond acceptors (Lipinski definition) is 4. The summed E-state index contributed by atoms with van der Waals surface area (Å²) in [4.78, 5) is 36.7. The van der Waals surface area contributed by atoms with Gasteiger partial charge in [0.2, 0.25) is 0 Å². The molecular formula is C30H33NO5. The van der Waals surface area contributed by atoms with Crippen LogP contribution in [-0.2, 0) is 14.3 Å². The highest BCUT2D eigenvalue weighted by molar-refractivity contribution is 5.96. The minimum absolute atomic E-state index is 0.0794. The van der Waals surface area contributed by atoms with Crippen molar-refractivity contribution < 1.29 is 24.2 Å². The van der Waals surface area contributed by atoms with E-state index in [1.807, 2.05) is 42.5 Å². The first-order chi connectivity index (χ1) is 17.1. The van der Waals surface area contributed by atoms with Gasteiger partial charge in [-0.2, -0.15) is 0 Å². The molecule has 0 bridgehead atoms. The Morgan fingerprint density at radius 2 is 1.39 bits per heavy atom. The molecule has 3 aromatic carbocycles. The van der Waals surface area contributed by atoms with Crippen molar-refractivity contribution in [2.75, 3.05) is 0 Å². The monoisotopic (exact) mass is 487 g/mol. The highest BCUT2D eigenvalue weighted by atomic mass is 16.6. The third kappa shape index (κ3) is 7.80. The number of carbonyl (C=O) groups excluding carboxylic acids is 2. The van der Waals surface area contributed by atoms with Crippen LogP contribution in [0.15, 0.2) is 84.9 Å². The molecule has 6 nitrogen and oxygen atoms in total. The summed E-state index contributed by atoms with van der Waals surface area (Å²) in [5.74, 6) is -2.08. The van der Waals surface area contributed by atoms with Gasteiger partial charge in [0, 0.05) is 17.9 Å². The molecule has 0 fully saturated rings. The normalized spacial score (nSPS) is 12.1.